The topological polar surface area (TPSA) is 55.0 Å². The van der Waals surface area contributed by atoms with Crippen LogP contribution in [0.4, 0.5) is 5.82 Å². The van der Waals surface area contributed by atoms with Crippen LogP contribution in [0, 0.1) is 0 Å². The van der Waals surface area contributed by atoms with E-state index in [0.717, 1.165) is 12.4 Å². The minimum Gasteiger partial charge on any atom is -0.384 e. The first kappa shape index (κ1) is 9.92. The van der Waals surface area contributed by atoms with Gasteiger partial charge in [0.1, 0.15) is 11.6 Å². The summed E-state index contributed by atoms with van der Waals surface area (Å²) in [6.45, 7) is 5.00. The van der Waals surface area contributed by atoms with Crippen LogP contribution in [-0.2, 0) is 6.54 Å². The van der Waals surface area contributed by atoms with Crippen molar-refractivity contribution in [1.82, 2.24) is 14.9 Å². The highest BCUT2D eigenvalue weighted by Gasteiger charge is 2.05. The van der Waals surface area contributed by atoms with E-state index in [4.69, 9.17) is 5.73 Å². The third-order valence-electron chi connectivity index (χ3n) is 2.00. The van der Waals surface area contributed by atoms with Crippen molar-refractivity contribution in [2.45, 2.75) is 26.4 Å². The molecule has 0 saturated carbocycles. The van der Waals surface area contributed by atoms with Gasteiger partial charge in [-0.25, -0.2) is 9.97 Å². The molecule has 0 aromatic carbocycles. The van der Waals surface area contributed by atoms with Gasteiger partial charge in [0.2, 0.25) is 0 Å². The number of hydrogen-bond acceptors (Lipinski definition) is 4. The maximum absolute atomic E-state index is 5.54. The average Bonchev–Trinajstić information content (AvgIpc) is 2.04. The van der Waals surface area contributed by atoms with Gasteiger partial charge in [0.25, 0.3) is 0 Å². The number of anilines is 1. The lowest BCUT2D eigenvalue weighted by molar-refractivity contribution is 0.259. The summed E-state index contributed by atoms with van der Waals surface area (Å²) in [6.07, 6.45) is 1.69. The molecule has 4 heteroatoms. The third-order valence-corrected chi connectivity index (χ3v) is 2.00. The van der Waals surface area contributed by atoms with Gasteiger partial charge in [-0.2, -0.15) is 0 Å². The molecule has 0 aliphatic carbocycles. The Hall–Kier alpha value is -1.16. The van der Waals surface area contributed by atoms with Gasteiger partial charge in [-0.05, 0) is 27.0 Å². The van der Waals surface area contributed by atoms with Gasteiger partial charge in [-0.15, -0.1) is 0 Å². The van der Waals surface area contributed by atoms with Gasteiger partial charge < -0.3 is 5.73 Å². The van der Waals surface area contributed by atoms with E-state index in [0.29, 0.717) is 11.9 Å². The second-order valence-electron chi connectivity index (χ2n) is 3.41. The SMILES string of the molecule is CC(C)N(C)Cc1nccc(N)n1. The second kappa shape index (κ2) is 4.18. The maximum atomic E-state index is 5.54. The van der Waals surface area contributed by atoms with Crippen LogP contribution in [0.2, 0.25) is 0 Å². The van der Waals surface area contributed by atoms with E-state index in [1.54, 1.807) is 12.3 Å². The van der Waals surface area contributed by atoms with Gasteiger partial charge in [0.05, 0.1) is 6.54 Å². The second-order valence-corrected chi connectivity index (χ2v) is 3.41. The van der Waals surface area contributed by atoms with E-state index in [-0.39, 0.29) is 0 Å². The molecule has 1 aromatic rings. The predicted octanol–water partition coefficient (Wildman–Crippen LogP) is 0.899. The van der Waals surface area contributed by atoms with Crippen molar-refractivity contribution in [2.75, 3.05) is 12.8 Å². The highest BCUT2D eigenvalue weighted by Crippen LogP contribution is 2.02. The molecule has 1 aromatic heterocycles. The quantitative estimate of drug-likeness (QED) is 0.750. The molecule has 0 unspecified atom stereocenters. The molecule has 72 valence electrons. The summed E-state index contributed by atoms with van der Waals surface area (Å²) in [6, 6.07) is 2.18. The fraction of sp³-hybridized carbons (Fsp3) is 0.556. The smallest absolute Gasteiger partial charge is 0.144 e. The third kappa shape index (κ3) is 2.99. The predicted molar refractivity (Wildman–Crippen MR) is 53.0 cm³/mol. The summed E-state index contributed by atoms with van der Waals surface area (Å²) in [5.41, 5.74) is 5.54. The summed E-state index contributed by atoms with van der Waals surface area (Å²) in [5.74, 6) is 1.30. The van der Waals surface area contributed by atoms with Crippen molar-refractivity contribution in [3.8, 4) is 0 Å². The standard InChI is InChI=1S/C9H16N4/c1-7(2)13(3)6-9-11-5-4-8(10)12-9/h4-5,7H,6H2,1-3H3,(H2,10,11,12). The largest absolute Gasteiger partial charge is 0.384 e. The van der Waals surface area contributed by atoms with Gasteiger partial charge in [0, 0.05) is 12.2 Å². The monoisotopic (exact) mass is 180 g/mol. The first-order valence-corrected chi connectivity index (χ1v) is 4.37. The van der Waals surface area contributed by atoms with Crippen LogP contribution in [-0.4, -0.2) is 28.0 Å². The van der Waals surface area contributed by atoms with Crippen LogP contribution >= 0.6 is 0 Å². The number of hydrogen-bond donors (Lipinski definition) is 1. The Bertz CT molecular complexity index is 272. The molecule has 1 rings (SSSR count). The summed E-state index contributed by atoms with van der Waals surface area (Å²) >= 11 is 0. The molecule has 0 saturated heterocycles. The van der Waals surface area contributed by atoms with Crippen LogP contribution in [0.15, 0.2) is 12.3 Å². The first-order valence-electron chi connectivity index (χ1n) is 4.37. The molecular weight excluding hydrogens is 164 g/mol. The molecule has 0 atom stereocenters. The fourth-order valence-electron chi connectivity index (χ4n) is 0.897. The first-order chi connectivity index (χ1) is 6.09. The zero-order chi connectivity index (χ0) is 9.84. The van der Waals surface area contributed by atoms with Crippen LogP contribution in [0.5, 0.6) is 0 Å². The van der Waals surface area contributed by atoms with E-state index < -0.39 is 0 Å². The zero-order valence-electron chi connectivity index (χ0n) is 8.36. The Balaban J connectivity index is 2.64. The molecule has 0 spiro atoms. The average molecular weight is 180 g/mol. The molecule has 1 heterocycles. The number of nitrogen functional groups attached to an aromatic ring is 1. The van der Waals surface area contributed by atoms with Gasteiger partial charge in [0.15, 0.2) is 0 Å². The van der Waals surface area contributed by atoms with E-state index >= 15 is 0 Å². The highest BCUT2D eigenvalue weighted by atomic mass is 15.1. The van der Waals surface area contributed by atoms with Gasteiger partial charge in [-0.3, -0.25) is 4.90 Å². The van der Waals surface area contributed by atoms with E-state index in [1.807, 2.05) is 7.05 Å². The Morgan fingerprint density at radius 2 is 2.23 bits per heavy atom. The molecule has 0 radical (unpaired) electrons. The Labute approximate surface area is 78.8 Å². The van der Waals surface area contributed by atoms with Gasteiger partial charge >= 0.3 is 0 Å². The van der Waals surface area contributed by atoms with Crippen molar-refractivity contribution >= 4 is 5.82 Å². The van der Waals surface area contributed by atoms with Gasteiger partial charge in [-0.1, -0.05) is 0 Å². The summed E-state index contributed by atoms with van der Waals surface area (Å²) in [5, 5.41) is 0. The molecule has 2 N–H and O–H groups in total. The normalized spacial score (nSPS) is 11.2. The number of aromatic nitrogens is 2. The van der Waals surface area contributed by atoms with Crippen molar-refractivity contribution < 1.29 is 0 Å². The number of nitrogens with zero attached hydrogens (tertiary/aromatic N) is 3. The van der Waals surface area contributed by atoms with Crippen LogP contribution < -0.4 is 5.73 Å². The van der Waals surface area contributed by atoms with Crippen LogP contribution in [0.3, 0.4) is 0 Å². The van der Waals surface area contributed by atoms with Crippen molar-refractivity contribution in [3.63, 3.8) is 0 Å². The molecule has 0 aliphatic heterocycles. The number of nitrogens with two attached hydrogens (primary N) is 1. The van der Waals surface area contributed by atoms with Crippen molar-refractivity contribution in [3.05, 3.63) is 18.1 Å². The van der Waals surface area contributed by atoms with E-state index in [1.165, 1.54) is 0 Å². The lowest BCUT2D eigenvalue weighted by Gasteiger charge is -2.19. The maximum Gasteiger partial charge on any atom is 0.144 e. The van der Waals surface area contributed by atoms with E-state index in [2.05, 4.69) is 28.7 Å². The Morgan fingerprint density at radius 1 is 1.54 bits per heavy atom. The molecule has 0 fully saturated rings. The fourth-order valence-corrected chi connectivity index (χ4v) is 0.897. The minimum atomic E-state index is 0.491. The molecule has 0 bridgehead atoms. The van der Waals surface area contributed by atoms with Crippen molar-refractivity contribution in [2.24, 2.45) is 0 Å². The molecule has 0 amide bonds. The van der Waals surface area contributed by atoms with Crippen LogP contribution in [0.25, 0.3) is 0 Å². The molecule has 0 aliphatic rings. The van der Waals surface area contributed by atoms with E-state index in [9.17, 15) is 0 Å². The summed E-state index contributed by atoms with van der Waals surface area (Å²) in [4.78, 5) is 10.4. The zero-order valence-corrected chi connectivity index (χ0v) is 8.36. The molecule has 4 nitrogen and oxygen atoms in total. The Kier molecular flexibility index (Phi) is 3.19. The Morgan fingerprint density at radius 3 is 2.77 bits per heavy atom. The lowest BCUT2D eigenvalue weighted by atomic mass is 10.3. The summed E-state index contributed by atoms with van der Waals surface area (Å²) < 4.78 is 0. The summed E-state index contributed by atoms with van der Waals surface area (Å²) in [7, 11) is 2.04. The molecule has 13 heavy (non-hydrogen) atoms. The number of rotatable bonds is 3. The minimum absolute atomic E-state index is 0.491. The molecular formula is C9H16N4. The van der Waals surface area contributed by atoms with Crippen LogP contribution in [0.1, 0.15) is 19.7 Å². The van der Waals surface area contributed by atoms with Crippen molar-refractivity contribution in [1.29, 1.82) is 0 Å². The highest BCUT2D eigenvalue weighted by molar-refractivity contribution is 5.24. The lowest BCUT2D eigenvalue weighted by Crippen LogP contribution is -2.26.